The van der Waals surface area contributed by atoms with E-state index in [-0.39, 0.29) is 17.9 Å². The Bertz CT molecular complexity index is 264. The van der Waals surface area contributed by atoms with Gasteiger partial charge in [-0.1, -0.05) is 0 Å². The highest BCUT2D eigenvalue weighted by Crippen LogP contribution is 2.00. The van der Waals surface area contributed by atoms with Crippen molar-refractivity contribution in [1.82, 2.24) is 20.9 Å². The lowest BCUT2D eigenvalue weighted by Crippen LogP contribution is -2.53. The van der Waals surface area contributed by atoms with E-state index in [4.69, 9.17) is 0 Å². The summed E-state index contributed by atoms with van der Waals surface area (Å²) in [6, 6.07) is -0.102. The molecule has 1 rings (SSSR count). The molecule has 0 saturated carbocycles. The highest BCUT2D eigenvalue weighted by atomic mass is 16.2. The summed E-state index contributed by atoms with van der Waals surface area (Å²) in [6.07, 6.45) is 0. The first kappa shape index (κ1) is 13.9. The van der Waals surface area contributed by atoms with Crippen molar-refractivity contribution in [3.05, 3.63) is 0 Å². The smallest absolute Gasteiger partial charge is 0.237 e. The van der Waals surface area contributed by atoms with Crippen LogP contribution in [0.1, 0.15) is 13.8 Å². The Labute approximate surface area is 102 Å². The molecule has 2 amide bonds. The maximum atomic E-state index is 11.8. The van der Waals surface area contributed by atoms with Crippen LogP contribution in [0.3, 0.4) is 0 Å². The van der Waals surface area contributed by atoms with Crippen molar-refractivity contribution < 1.29 is 9.59 Å². The summed E-state index contributed by atoms with van der Waals surface area (Å²) in [4.78, 5) is 24.6. The summed E-state index contributed by atoms with van der Waals surface area (Å²) in [7, 11) is 0. The van der Waals surface area contributed by atoms with Gasteiger partial charge in [0.25, 0.3) is 0 Å². The molecular weight excluding hydrogens is 220 g/mol. The lowest BCUT2D eigenvalue weighted by atomic mass is 10.2. The van der Waals surface area contributed by atoms with E-state index in [0.717, 1.165) is 26.2 Å². The van der Waals surface area contributed by atoms with Gasteiger partial charge in [0.15, 0.2) is 0 Å². The van der Waals surface area contributed by atoms with Crippen LogP contribution >= 0.6 is 0 Å². The molecule has 1 heterocycles. The molecule has 3 N–H and O–H groups in total. The molecule has 0 aromatic heterocycles. The number of nitrogens with one attached hydrogen (secondary N) is 3. The second kappa shape index (κ2) is 7.24. The second-order valence-electron chi connectivity index (χ2n) is 4.24. The van der Waals surface area contributed by atoms with Crippen LogP contribution in [0.5, 0.6) is 0 Å². The third kappa shape index (κ3) is 5.14. The molecule has 0 spiro atoms. The van der Waals surface area contributed by atoms with Crippen LogP contribution in [0.15, 0.2) is 0 Å². The first-order valence-electron chi connectivity index (χ1n) is 6.08. The number of hydrogen-bond acceptors (Lipinski definition) is 4. The summed E-state index contributed by atoms with van der Waals surface area (Å²) >= 11 is 0. The van der Waals surface area contributed by atoms with Crippen LogP contribution in [-0.4, -0.2) is 62.0 Å². The molecule has 0 aromatic carbocycles. The van der Waals surface area contributed by atoms with Gasteiger partial charge in [0.2, 0.25) is 11.8 Å². The molecule has 1 saturated heterocycles. The lowest BCUT2D eigenvalue weighted by Gasteiger charge is -2.31. The molecule has 0 aliphatic carbocycles. The lowest BCUT2D eigenvalue weighted by molar-refractivity contribution is -0.126. The van der Waals surface area contributed by atoms with Crippen LogP contribution in [0.4, 0.5) is 0 Å². The maximum Gasteiger partial charge on any atom is 0.237 e. The molecule has 6 nitrogen and oxygen atoms in total. The average Bonchev–Trinajstić information content (AvgIpc) is 2.34. The van der Waals surface area contributed by atoms with Gasteiger partial charge in [0.05, 0.1) is 6.04 Å². The Morgan fingerprint density at radius 2 is 1.82 bits per heavy atom. The SMILES string of the molecule is CC(=O)NCCNC(=O)C(C)N1CCNCC1. The van der Waals surface area contributed by atoms with Gasteiger partial charge in [-0.15, -0.1) is 0 Å². The van der Waals surface area contributed by atoms with E-state index in [1.165, 1.54) is 6.92 Å². The monoisotopic (exact) mass is 242 g/mol. The van der Waals surface area contributed by atoms with Crippen molar-refractivity contribution in [2.75, 3.05) is 39.3 Å². The molecular formula is C11H22N4O2. The summed E-state index contributed by atoms with van der Waals surface area (Å²) < 4.78 is 0. The van der Waals surface area contributed by atoms with Crippen molar-refractivity contribution in [2.24, 2.45) is 0 Å². The molecule has 1 unspecified atom stereocenters. The van der Waals surface area contributed by atoms with E-state index in [1.54, 1.807) is 0 Å². The van der Waals surface area contributed by atoms with Crippen LogP contribution in [0, 0.1) is 0 Å². The van der Waals surface area contributed by atoms with Crippen LogP contribution in [0.2, 0.25) is 0 Å². The highest BCUT2D eigenvalue weighted by molar-refractivity contribution is 5.81. The quantitative estimate of drug-likeness (QED) is 0.515. The molecule has 0 bridgehead atoms. The molecule has 0 aromatic rings. The fraction of sp³-hybridized carbons (Fsp3) is 0.818. The molecule has 0 radical (unpaired) electrons. The topological polar surface area (TPSA) is 73.5 Å². The number of piperazine rings is 1. The Morgan fingerprint density at radius 3 is 2.41 bits per heavy atom. The molecule has 98 valence electrons. The van der Waals surface area contributed by atoms with Crippen molar-refractivity contribution >= 4 is 11.8 Å². The number of rotatable bonds is 5. The third-order valence-corrected chi connectivity index (χ3v) is 2.88. The first-order valence-corrected chi connectivity index (χ1v) is 6.08. The molecule has 6 heteroatoms. The van der Waals surface area contributed by atoms with Gasteiger partial charge in [0.1, 0.15) is 0 Å². The second-order valence-corrected chi connectivity index (χ2v) is 4.24. The van der Waals surface area contributed by atoms with Crippen LogP contribution < -0.4 is 16.0 Å². The van der Waals surface area contributed by atoms with E-state index < -0.39 is 0 Å². The highest BCUT2D eigenvalue weighted by Gasteiger charge is 2.21. The fourth-order valence-electron chi connectivity index (χ4n) is 1.81. The maximum absolute atomic E-state index is 11.8. The Hall–Kier alpha value is -1.14. The fourth-order valence-corrected chi connectivity index (χ4v) is 1.81. The summed E-state index contributed by atoms with van der Waals surface area (Å²) in [6.45, 7) is 8.02. The number of carbonyl (C=O) groups excluding carboxylic acids is 2. The van der Waals surface area contributed by atoms with Crippen LogP contribution in [-0.2, 0) is 9.59 Å². The van der Waals surface area contributed by atoms with Gasteiger partial charge in [0, 0.05) is 46.2 Å². The first-order chi connectivity index (χ1) is 8.11. The molecule has 17 heavy (non-hydrogen) atoms. The van der Waals surface area contributed by atoms with Gasteiger partial charge < -0.3 is 16.0 Å². The van der Waals surface area contributed by atoms with Crippen molar-refractivity contribution in [3.8, 4) is 0 Å². The predicted octanol–water partition coefficient (Wildman–Crippen LogP) is -1.47. The summed E-state index contributed by atoms with van der Waals surface area (Å²) in [5, 5.41) is 8.71. The summed E-state index contributed by atoms with van der Waals surface area (Å²) in [5.74, 6) is -0.0494. The van der Waals surface area contributed by atoms with Gasteiger partial charge >= 0.3 is 0 Å². The predicted molar refractivity (Wildman–Crippen MR) is 65.6 cm³/mol. The van der Waals surface area contributed by atoms with E-state index >= 15 is 0 Å². The minimum atomic E-state index is -0.102. The van der Waals surface area contributed by atoms with E-state index in [0.29, 0.717) is 13.1 Å². The number of hydrogen-bond donors (Lipinski definition) is 3. The summed E-state index contributed by atoms with van der Waals surface area (Å²) in [5.41, 5.74) is 0. The zero-order valence-electron chi connectivity index (χ0n) is 10.6. The normalized spacial score (nSPS) is 18.5. The minimum absolute atomic E-state index is 0.0252. The van der Waals surface area contributed by atoms with Gasteiger partial charge in [-0.3, -0.25) is 14.5 Å². The number of amides is 2. The molecule has 1 aliphatic heterocycles. The zero-order valence-corrected chi connectivity index (χ0v) is 10.6. The van der Waals surface area contributed by atoms with E-state index in [9.17, 15) is 9.59 Å². The third-order valence-electron chi connectivity index (χ3n) is 2.88. The van der Waals surface area contributed by atoms with Crippen molar-refractivity contribution in [3.63, 3.8) is 0 Å². The molecule has 1 aliphatic rings. The van der Waals surface area contributed by atoms with E-state index in [1.807, 2.05) is 6.92 Å². The Kier molecular flexibility index (Phi) is 5.93. The standard InChI is InChI=1S/C11H22N4O2/c1-9(15-7-5-12-6-8-15)11(17)14-4-3-13-10(2)16/h9,12H,3-8H2,1-2H3,(H,13,16)(H,14,17). The van der Waals surface area contributed by atoms with Gasteiger partial charge in [-0.05, 0) is 6.92 Å². The Morgan fingerprint density at radius 1 is 1.24 bits per heavy atom. The number of nitrogens with zero attached hydrogens (tertiary/aromatic N) is 1. The Balaban J connectivity index is 2.19. The van der Waals surface area contributed by atoms with Crippen molar-refractivity contribution in [2.45, 2.75) is 19.9 Å². The molecule has 1 atom stereocenters. The van der Waals surface area contributed by atoms with Gasteiger partial charge in [-0.2, -0.15) is 0 Å². The minimum Gasteiger partial charge on any atom is -0.355 e. The largest absolute Gasteiger partial charge is 0.355 e. The molecule has 1 fully saturated rings. The van der Waals surface area contributed by atoms with E-state index in [2.05, 4.69) is 20.9 Å². The zero-order chi connectivity index (χ0) is 12.7. The van der Waals surface area contributed by atoms with Crippen molar-refractivity contribution in [1.29, 1.82) is 0 Å². The number of carbonyl (C=O) groups is 2. The average molecular weight is 242 g/mol. The van der Waals surface area contributed by atoms with Gasteiger partial charge in [-0.25, -0.2) is 0 Å². The van der Waals surface area contributed by atoms with Crippen LogP contribution in [0.25, 0.3) is 0 Å².